The maximum atomic E-state index is 13.2. The van der Waals surface area contributed by atoms with Crippen LogP contribution < -0.4 is 5.32 Å². The second-order valence-electron chi connectivity index (χ2n) is 8.14. The van der Waals surface area contributed by atoms with Gasteiger partial charge in [0.25, 0.3) is 11.8 Å². The fraction of sp³-hybridized carbons (Fsp3) is 0.458. The summed E-state index contributed by atoms with van der Waals surface area (Å²) in [7, 11) is 1.55. The molecule has 1 N–H and O–H groups in total. The number of carbonyl (C=O) groups excluding carboxylic acids is 3. The Hall–Kier alpha value is -3.13. The van der Waals surface area contributed by atoms with Crippen LogP contribution in [0.1, 0.15) is 65.3 Å². The van der Waals surface area contributed by atoms with E-state index in [2.05, 4.69) is 5.32 Å². The number of likely N-dealkylation sites (N-methyl/N-ethyl adjacent to an activating group) is 1. The largest absolute Gasteiger partial charge is 0.462 e. The van der Waals surface area contributed by atoms with Crippen molar-refractivity contribution in [2.45, 2.75) is 52.5 Å². The molecule has 2 amide bonds. The van der Waals surface area contributed by atoms with E-state index in [1.165, 1.54) is 4.90 Å². The van der Waals surface area contributed by atoms with Gasteiger partial charge in [0.05, 0.1) is 36.6 Å². The van der Waals surface area contributed by atoms with Gasteiger partial charge in [0.1, 0.15) is 12.2 Å². The van der Waals surface area contributed by atoms with E-state index in [0.29, 0.717) is 30.1 Å². The highest BCUT2D eigenvalue weighted by Crippen LogP contribution is 2.24. The van der Waals surface area contributed by atoms with Crippen LogP contribution in [0.3, 0.4) is 0 Å². The second kappa shape index (κ2) is 10.5. The number of rotatable bonds is 8. The van der Waals surface area contributed by atoms with Crippen LogP contribution in [-0.4, -0.2) is 53.6 Å². The SMILES string of the molecule is CCC(NC(=O)c1cc(C(=O)N(C)CC(=O)OC(C)C)n2c1COCC2)c1ccccc1. The summed E-state index contributed by atoms with van der Waals surface area (Å²) >= 11 is 0. The Morgan fingerprint density at radius 2 is 1.94 bits per heavy atom. The summed E-state index contributed by atoms with van der Waals surface area (Å²) in [6.07, 6.45) is 0.477. The first-order valence-electron chi connectivity index (χ1n) is 10.9. The first-order valence-corrected chi connectivity index (χ1v) is 10.9. The van der Waals surface area contributed by atoms with Crippen molar-refractivity contribution in [2.24, 2.45) is 0 Å². The van der Waals surface area contributed by atoms with Gasteiger partial charge < -0.3 is 24.3 Å². The Bertz CT molecular complexity index is 968. The van der Waals surface area contributed by atoms with E-state index in [4.69, 9.17) is 9.47 Å². The number of aromatic nitrogens is 1. The second-order valence-corrected chi connectivity index (χ2v) is 8.14. The van der Waals surface area contributed by atoms with Crippen molar-refractivity contribution >= 4 is 17.8 Å². The number of hydrogen-bond acceptors (Lipinski definition) is 5. The Morgan fingerprint density at radius 3 is 2.59 bits per heavy atom. The maximum Gasteiger partial charge on any atom is 0.325 e. The molecule has 0 radical (unpaired) electrons. The van der Waals surface area contributed by atoms with Crippen LogP contribution in [-0.2, 0) is 27.4 Å². The van der Waals surface area contributed by atoms with E-state index in [9.17, 15) is 14.4 Å². The van der Waals surface area contributed by atoms with Gasteiger partial charge in [-0.1, -0.05) is 37.3 Å². The highest BCUT2D eigenvalue weighted by molar-refractivity contribution is 6.01. The Balaban J connectivity index is 1.83. The highest BCUT2D eigenvalue weighted by Gasteiger charge is 2.29. The highest BCUT2D eigenvalue weighted by atomic mass is 16.5. The molecule has 2 heterocycles. The number of fused-ring (bicyclic) bond motifs is 1. The van der Waals surface area contributed by atoms with E-state index in [0.717, 1.165) is 12.0 Å². The van der Waals surface area contributed by atoms with Gasteiger partial charge in [0.15, 0.2) is 0 Å². The molecule has 8 nitrogen and oxygen atoms in total. The number of hydrogen-bond donors (Lipinski definition) is 1. The lowest BCUT2D eigenvalue weighted by Crippen LogP contribution is -2.35. The monoisotopic (exact) mass is 441 g/mol. The molecule has 1 aromatic heterocycles. The zero-order chi connectivity index (χ0) is 23.3. The van der Waals surface area contributed by atoms with Crippen LogP contribution in [0.2, 0.25) is 0 Å². The quantitative estimate of drug-likeness (QED) is 0.636. The molecule has 1 aromatic carbocycles. The molecule has 3 rings (SSSR count). The molecule has 1 aliphatic rings. The summed E-state index contributed by atoms with van der Waals surface area (Å²) in [6.45, 7) is 6.52. The third-order valence-electron chi connectivity index (χ3n) is 5.37. The third kappa shape index (κ3) is 5.37. The smallest absolute Gasteiger partial charge is 0.325 e. The Morgan fingerprint density at radius 1 is 1.22 bits per heavy atom. The van der Waals surface area contributed by atoms with Gasteiger partial charge in [-0.3, -0.25) is 14.4 Å². The Kier molecular flexibility index (Phi) is 7.69. The van der Waals surface area contributed by atoms with Crippen molar-refractivity contribution in [3.8, 4) is 0 Å². The topological polar surface area (TPSA) is 89.9 Å². The van der Waals surface area contributed by atoms with Crippen molar-refractivity contribution in [1.29, 1.82) is 0 Å². The zero-order valence-corrected chi connectivity index (χ0v) is 19.1. The number of nitrogens with zero attached hydrogens (tertiary/aromatic N) is 2. The molecule has 0 aliphatic carbocycles. The minimum absolute atomic E-state index is 0.142. The molecule has 1 aliphatic heterocycles. The number of carbonyl (C=O) groups is 3. The molecule has 32 heavy (non-hydrogen) atoms. The lowest BCUT2D eigenvalue weighted by atomic mass is 10.0. The van der Waals surface area contributed by atoms with Gasteiger partial charge in [0.2, 0.25) is 0 Å². The van der Waals surface area contributed by atoms with E-state index in [1.54, 1.807) is 27.0 Å². The molecule has 1 atom stereocenters. The molecule has 0 saturated heterocycles. The van der Waals surface area contributed by atoms with Crippen LogP contribution in [0, 0.1) is 0 Å². The minimum Gasteiger partial charge on any atom is -0.462 e. The van der Waals surface area contributed by atoms with Gasteiger partial charge in [-0.05, 0) is 31.9 Å². The number of amides is 2. The van der Waals surface area contributed by atoms with Crippen LogP contribution in [0.15, 0.2) is 36.4 Å². The number of esters is 1. The van der Waals surface area contributed by atoms with Gasteiger partial charge >= 0.3 is 5.97 Å². The van der Waals surface area contributed by atoms with E-state index >= 15 is 0 Å². The summed E-state index contributed by atoms with van der Waals surface area (Å²) in [5.41, 5.74) is 2.46. The first-order chi connectivity index (χ1) is 15.3. The lowest BCUT2D eigenvalue weighted by molar-refractivity contribution is -0.147. The van der Waals surface area contributed by atoms with Gasteiger partial charge in [-0.25, -0.2) is 0 Å². The molecule has 172 valence electrons. The maximum absolute atomic E-state index is 13.2. The van der Waals surface area contributed by atoms with Crippen LogP contribution >= 0.6 is 0 Å². The predicted molar refractivity (Wildman–Crippen MR) is 119 cm³/mol. The van der Waals surface area contributed by atoms with E-state index < -0.39 is 5.97 Å². The minimum atomic E-state index is -0.476. The van der Waals surface area contributed by atoms with Crippen molar-refractivity contribution in [1.82, 2.24) is 14.8 Å². The average Bonchev–Trinajstić information content (AvgIpc) is 3.16. The number of ether oxygens (including phenoxy) is 2. The average molecular weight is 442 g/mol. The Labute approximate surface area is 188 Å². The number of nitrogens with one attached hydrogen (secondary N) is 1. The van der Waals surface area contributed by atoms with Gasteiger partial charge in [-0.15, -0.1) is 0 Å². The van der Waals surface area contributed by atoms with Crippen LogP contribution in [0.5, 0.6) is 0 Å². The molecule has 0 saturated carbocycles. The fourth-order valence-corrected chi connectivity index (χ4v) is 3.80. The van der Waals surface area contributed by atoms with Gasteiger partial charge in [-0.2, -0.15) is 0 Å². The summed E-state index contributed by atoms with van der Waals surface area (Å²) in [5.74, 6) is -1.07. The van der Waals surface area contributed by atoms with Crippen molar-refractivity contribution in [3.63, 3.8) is 0 Å². The molecule has 8 heteroatoms. The molecule has 0 fully saturated rings. The molecule has 1 unspecified atom stereocenters. The lowest BCUT2D eigenvalue weighted by Gasteiger charge is -2.22. The number of benzene rings is 1. The summed E-state index contributed by atoms with van der Waals surface area (Å²) in [6, 6.07) is 11.2. The molecule has 2 aromatic rings. The molecular weight excluding hydrogens is 410 g/mol. The van der Waals surface area contributed by atoms with Crippen molar-refractivity contribution in [2.75, 3.05) is 20.2 Å². The first kappa shape index (κ1) is 23.5. The summed E-state index contributed by atoms with van der Waals surface area (Å²) in [5, 5.41) is 3.08. The van der Waals surface area contributed by atoms with Crippen LogP contribution in [0.25, 0.3) is 0 Å². The van der Waals surface area contributed by atoms with E-state index in [1.807, 2.05) is 41.8 Å². The summed E-state index contributed by atoms with van der Waals surface area (Å²) < 4.78 is 12.5. The standard InChI is InChI=1S/C24H31N3O5/c1-5-19(17-9-7-6-8-10-17)25-23(29)18-13-20(27-11-12-31-15-21(18)27)24(30)26(4)14-22(28)32-16(2)3/h6-10,13,16,19H,5,11-12,14-15H2,1-4H3,(H,25,29). The third-order valence-corrected chi connectivity index (χ3v) is 5.37. The predicted octanol–water partition coefficient (Wildman–Crippen LogP) is 2.92. The van der Waals surface area contributed by atoms with E-state index in [-0.39, 0.29) is 37.1 Å². The zero-order valence-electron chi connectivity index (χ0n) is 19.1. The molecule has 0 bridgehead atoms. The molecular formula is C24H31N3O5. The molecule has 0 spiro atoms. The summed E-state index contributed by atoms with van der Waals surface area (Å²) in [4.78, 5) is 39.6. The van der Waals surface area contributed by atoms with Crippen molar-refractivity contribution < 1.29 is 23.9 Å². The van der Waals surface area contributed by atoms with Crippen molar-refractivity contribution in [3.05, 3.63) is 58.9 Å². The normalized spacial score (nSPS) is 13.9. The van der Waals surface area contributed by atoms with Crippen LogP contribution in [0.4, 0.5) is 0 Å². The van der Waals surface area contributed by atoms with Gasteiger partial charge in [0, 0.05) is 13.6 Å². The fourth-order valence-electron chi connectivity index (χ4n) is 3.80.